The van der Waals surface area contributed by atoms with E-state index in [1.54, 1.807) is 6.07 Å². The first-order valence-electron chi connectivity index (χ1n) is 10.5. The summed E-state index contributed by atoms with van der Waals surface area (Å²) in [6.07, 6.45) is 0.974. The molecule has 1 aliphatic heterocycles. The lowest BCUT2D eigenvalue weighted by Crippen LogP contribution is -2.33. The number of halogens is 1. The van der Waals surface area contributed by atoms with Crippen molar-refractivity contribution in [2.24, 2.45) is 11.1 Å². The molecule has 1 heterocycles. The van der Waals surface area contributed by atoms with E-state index in [-0.39, 0.29) is 29.3 Å². The summed E-state index contributed by atoms with van der Waals surface area (Å²) in [5.74, 6) is 0.676. The van der Waals surface area contributed by atoms with Crippen LogP contribution < -0.4 is 10.5 Å². The zero-order valence-electron chi connectivity index (χ0n) is 18.3. The summed E-state index contributed by atoms with van der Waals surface area (Å²) >= 11 is 2.17. The van der Waals surface area contributed by atoms with Crippen molar-refractivity contribution < 1.29 is 14.3 Å². The molecule has 1 aliphatic carbocycles. The fraction of sp³-hybridized carbons (Fsp3) is 0.269. The molecule has 2 aliphatic rings. The Balaban J connectivity index is 1.67. The van der Waals surface area contributed by atoms with Crippen molar-refractivity contribution in [1.29, 1.82) is 10.5 Å². The maximum Gasteiger partial charge on any atom is 0.205 e. The number of hydrogen-bond acceptors (Lipinski definition) is 6. The third kappa shape index (κ3) is 4.46. The van der Waals surface area contributed by atoms with Gasteiger partial charge in [0.1, 0.15) is 29.8 Å². The molecule has 6 nitrogen and oxygen atoms in total. The molecule has 0 spiro atoms. The van der Waals surface area contributed by atoms with Gasteiger partial charge < -0.3 is 15.2 Å². The SMILES string of the molecule is CC1(C)CC(=O)C2=C(C1)OC(N)=C(C#N)[C@@H]2c1ccc(OCc2ccccc2C#N)c(I)c1. The molecule has 7 heteroatoms. The van der Waals surface area contributed by atoms with Crippen molar-refractivity contribution in [3.05, 3.63) is 85.5 Å². The van der Waals surface area contributed by atoms with Crippen LogP contribution in [0.15, 0.2) is 65.3 Å². The molecule has 4 rings (SSSR count). The molecule has 0 bridgehead atoms. The van der Waals surface area contributed by atoms with Gasteiger partial charge in [-0.1, -0.05) is 38.1 Å². The molecule has 2 N–H and O–H groups in total. The second kappa shape index (κ2) is 8.92. The smallest absolute Gasteiger partial charge is 0.205 e. The Kier molecular flexibility index (Phi) is 6.18. The predicted octanol–water partition coefficient (Wildman–Crippen LogP) is 5.19. The van der Waals surface area contributed by atoms with Crippen LogP contribution in [0, 0.1) is 31.6 Å². The summed E-state index contributed by atoms with van der Waals surface area (Å²) in [6.45, 7) is 4.30. The van der Waals surface area contributed by atoms with Crippen LogP contribution in [-0.4, -0.2) is 5.78 Å². The largest absolute Gasteiger partial charge is 0.488 e. The fourth-order valence-corrected chi connectivity index (χ4v) is 5.04. The number of hydrogen-bond donors (Lipinski definition) is 1. The standard InChI is InChI=1S/C26H22IN3O3/c1-26(2)10-20(31)24-22(11-26)33-25(30)18(13-29)23(24)15-7-8-21(19(27)9-15)32-14-17-6-4-3-5-16(17)12-28/h3-9,23H,10-11,14,30H2,1-2H3/t23-/m0/s1. The van der Waals surface area contributed by atoms with Crippen molar-refractivity contribution in [3.8, 4) is 17.9 Å². The van der Waals surface area contributed by atoms with Gasteiger partial charge in [-0.2, -0.15) is 10.5 Å². The fourth-order valence-electron chi connectivity index (χ4n) is 4.34. The minimum Gasteiger partial charge on any atom is -0.488 e. The minimum atomic E-state index is -0.566. The van der Waals surface area contributed by atoms with E-state index in [2.05, 4.69) is 34.7 Å². The summed E-state index contributed by atoms with van der Waals surface area (Å²) in [4.78, 5) is 13.1. The third-order valence-corrected chi connectivity index (χ3v) is 6.73. The number of ether oxygens (including phenoxy) is 2. The molecular weight excluding hydrogens is 529 g/mol. The number of nitrogens with two attached hydrogens (primary N) is 1. The molecule has 0 radical (unpaired) electrons. The van der Waals surface area contributed by atoms with Gasteiger partial charge in [0.25, 0.3) is 0 Å². The molecule has 2 aromatic carbocycles. The molecule has 0 amide bonds. The van der Waals surface area contributed by atoms with Crippen LogP contribution in [0.25, 0.3) is 0 Å². The lowest BCUT2D eigenvalue weighted by molar-refractivity contribution is -0.119. The molecule has 0 unspecified atom stereocenters. The second-order valence-electron chi connectivity index (χ2n) is 8.95. The number of carbonyl (C=O) groups is 1. The maximum atomic E-state index is 13.1. The minimum absolute atomic E-state index is 0.0186. The zero-order chi connectivity index (χ0) is 23.8. The highest BCUT2D eigenvalue weighted by Crippen LogP contribution is 2.48. The van der Waals surface area contributed by atoms with E-state index in [9.17, 15) is 15.3 Å². The summed E-state index contributed by atoms with van der Waals surface area (Å²) in [5, 5.41) is 19.1. The van der Waals surface area contributed by atoms with Gasteiger partial charge in [-0.05, 0) is 51.8 Å². The van der Waals surface area contributed by atoms with E-state index >= 15 is 0 Å². The number of nitriles is 2. The quantitative estimate of drug-likeness (QED) is 0.524. The number of benzene rings is 2. The van der Waals surface area contributed by atoms with Gasteiger partial charge in [0.05, 0.1) is 21.1 Å². The Morgan fingerprint density at radius 2 is 1.94 bits per heavy atom. The highest BCUT2D eigenvalue weighted by Gasteiger charge is 2.43. The molecule has 166 valence electrons. The van der Waals surface area contributed by atoms with Gasteiger partial charge in [-0.3, -0.25) is 4.79 Å². The Labute approximate surface area is 206 Å². The van der Waals surface area contributed by atoms with E-state index in [1.807, 2.05) is 50.2 Å². The van der Waals surface area contributed by atoms with Crippen molar-refractivity contribution in [3.63, 3.8) is 0 Å². The first-order valence-corrected chi connectivity index (χ1v) is 11.6. The Bertz CT molecular complexity index is 1290. The predicted molar refractivity (Wildman–Crippen MR) is 130 cm³/mol. The Hall–Kier alpha value is -3.30. The van der Waals surface area contributed by atoms with Gasteiger partial charge in [0.15, 0.2) is 5.78 Å². The normalized spacial score (nSPS) is 19.3. The van der Waals surface area contributed by atoms with Gasteiger partial charge >= 0.3 is 0 Å². The molecule has 0 saturated carbocycles. The summed E-state index contributed by atoms with van der Waals surface area (Å²) in [6, 6.07) is 17.2. The summed E-state index contributed by atoms with van der Waals surface area (Å²) in [5.41, 5.74) is 8.80. The Morgan fingerprint density at radius 1 is 1.18 bits per heavy atom. The van der Waals surface area contributed by atoms with Crippen molar-refractivity contribution in [2.45, 2.75) is 39.2 Å². The number of nitrogens with zero attached hydrogens (tertiary/aromatic N) is 2. The van der Waals surface area contributed by atoms with Crippen LogP contribution in [0.1, 0.15) is 49.3 Å². The van der Waals surface area contributed by atoms with Gasteiger partial charge in [-0.15, -0.1) is 0 Å². The lowest BCUT2D eigenvalue weighted by Gasteiger charge is -2.37. The van der Waals surface area contributed by atoms with E-state index in [0.29, 0.717) is 35.5 Å². The van der Waals surface area contributed by atoms with Crippen LogP contribution in [-0.2, 0) is 16.1 Å². The first kappa shape index (κ1) is 22.9. The van der Waals surface area contributed by atoms with Crippen molar-refractivity contribution >= 4 is 28.4 Å². The lowest BCUT2D eigenvalue weighted by atomic mass is 9.70. The van der Waals surface area contributed by atoms with Crippen LogP contribution >= 0.6 is 22.6 Å². The molecule has 0 aromatic heterocycles. The first-order chi connectivity index (χ1) is 15.7. The van der Waals surface area contributed by atoms with Crippen LogP contribution in [0.2, 0.25) is 0 Å². The Morgan fingerprint density at radius 3 is 2.64 bits per heavy atom. The second-order valence-corrected chi connectivity index (χ2v) is 10.1. The van der Waals surface area contributed by atoms with Crippen molar-refractivity contribution in [1.82, 2.24) is 0 Å². The zero-order valence-corrected chi connectivity index (χ0v) is 20.5. The molecule has 33 heavy (non-hydrogen) atoms. The topological polar surface area (TPSA) is 109 Å². The summed E-state index contributed by atoms with van der Waals surface area (Å²) < 4.78 is 12.6. The van der Waals surface area contributed by atoms with Crippen LogP contribution in [0.4, 0.5) is 0 Å². The average Bonchev–Trinajstić information content (AvgIpc) is 2.76. The van der Waals surface area contributed by atoms with Gasteiger partial charge in [-0.25, -0.2) is 0 Å². The number of allylic oxidation sites excluding steroid dienone is 3. The van der Waals surface area contributed by atoms with E-state index < -0.39 is 5.92 Å². The monoisotopic (exact) mass is 551 g/mol. The summed E-state index contributed by atoms with van der Waals surface area (Å²) in [7, 11) is 0. The maximum absolute atomic E-state index is 13.1. The van der Waals surface area contributed by atoms with Crippen molar-refractivity contribution in [2.75, 3.05) is 0 Å². The van der Waals surface area contributed by atoms with E-state index in [1.165, 1.54) is 0 Å². The number of rotatable bonds is 4. The number of Topliss-reactive ketones (excluding diaryl/α,β-unsaturated/α-hetero) is 1. The van der Waals surface area contributed by atoms with Gasteiger partial charge in [0, 0.05) is 24.0 Å². The molecule has 0 saturated heterocycles. The van der Waals surface area contributed by atoms with E-state index in [4.69, 9.17) is 15.2 Å². The highest BCUT2D eigenvalue weighted by molar-refractivity contribution is 14.1. The molecule has 2 aromatic rings. The highest BCUT2D eigenvalue weighted by atomic mass is 127. The number of ketones is 1. The molecule has 0 fully saturated rings. The van der Waals surface area contributed by atoms with E-state index in [0.717, 1.165) is 14.7 Å². The number of carbonyl (C=O) groups excluding carboxylic acids is 1. The average molecular weight is 551 g/mol. The van der Waals surface area contributed by atoms with Crippen LogP contribution in [0.5, 0.6) is 5.75 Å². The van der Waals surface area contributed by atoms with Crippen LogP contribution in [0.3, 0.4) is 0 Å². The molecule has 1 atom stereocenters. The third-order valence-electron chi connectivity index (χ3n) is 5.89. The van der Waals surface area contributed by atoms with Gasteiger partial charge in [0.2, 0.25) is 5.88 Å². The molecular formula is C26H22IN3O3.